The van der Waals surface area contributed by atoms with Crippen LogP contribution in [-0.2, 0) is 4.79 Å². The summed E-state index contributed by atoms with van der Waals surface area (Å²) in [6, 6.07) is 12.0. The van der Waals surface area contributed by atoms with E-state index in [1.807, 2.05) is 29.2 Å². The lowest BCUT2D eigenvalue weighted by Gasteiger charge is -2.32. The maximum absolute atomic E-state index is 13.5. The fourth-order valence-corrected chi connectivity index (χ4v) is 6.41. The molecule has 1 saturated heterocycles. The number of anilines is 2. The van der Waals surface area contributed by atoms with E-state index in [1.54, 1.807) is 0 Å². The first kappa shape index (κ1) is 25.9. The first-order valence-corrected chi connectivity index (χ1v) is 14.6. The Balaban J connectivity index is 1.41. The highest BCUT2D eigenvalue weighted by atomic mass is 16.2. The molecule has 3 aliphatic rings. The number of amides is 2. The number of fused-ring (bicyclic) bond motifs is 5. The Morgan fingerprint density at radius 2 is 1.74 bits per heavy atom. The number of carbonyl (C=O) groups excluding carboxylic acids is 2. The lowest BCUT2D eigenvalue weighted by atomic mass is 10.0. The Labute approximate surface area is 230 Å². The molecule has 0 spiro atoms. The molecule has 2 aliphatic heterocycles. The predicted molar refractivity (Wildman–Crippen MR) is 156 cm³/mol. The van der Waals surface area contributed by atoms with Gasteiger partial charge >= 0.3 is 0 Å². The average Bonchev–Trinajstić information content (AvgIpc) is 3.03. The molecule has 2 aromatic carbocycles. The molecule has 6 rings (SSSR count). The van der Waals surface area contributed by atoms with Crippen molar-refractivity contribution < 1.29 is 9.59 Å². The summed E-state index contributed by atoms with van der Waals surface area (Å²) in [7, 11) is 2.09. The van der Waals surface area contributed by atoms with Crippen molar-refractivity contribution in [1.29, 1.82) is 0 Å². The number of nitrogens with zero attached hydrogens (tertiary/aromatic N) is 4. The third kappa shape index (κ3) is 5.02. The molecule has 3 aromatic rings. The highest BCUT2D eigenvalue weighted by molar-refractivity contribution is 6.03. The maximum Gasteiger partial charge on any atom is 0.254 e. The second kappa shape index (κ2) is 10.6. The SMILES string of the molecule is CC(C)[C@H]1C(=O)Nc2ccc(NC3CCCCCC3)cc2-c2nc3cc(C(=O)N4CCN(C)CC4)ccc3n21. The van der Waals surface area contributed by atoms with E-state index in [4.69, 9.17) is 4.98 Å². The molecule has 2 amide bonds. The Morgan fingerprint density at radius 1 is 1.00 bits per heavy atom. The van der Waals surface area contributed by atoms with Gasteiger partial charge in [0.2, 0.25) is 5.91 Å². The van der Waals surface area contributed by atoms with Crippen LogP contribution in [0.3, 0.4) is 0 Å². The van der Waals surface area contributed by atoms with Gasteiger partial charge in [-0.2, -0.15) is 0 Å². The molecule has 1 atom stereocenters. The Morgan fingerprint density at radius 3 is 2.46 bits per heavy atom. The molecule has 8 nitrogen and oxygen atoms in total. The van der Waals surface area contributed by atoms with Gasteiger partial charge in [-0.15, -0.1) is 0 Å². The lowest BCUT2D eigenvalue weighted by Crippen LogP contribution is -2.47. The van der Waals surface area contributed by atoms with Crippen LogP contribution in [0.4, 0.5) is 11.4 Å². The number of nitrogens with one attached hydrogen (secondary N) is 2. The highest BCUT2D eigenvalue weighted by Crippen LogP contribution is 2.40. The topological polar surface area (TPSA) is 82.5 Å². The first-order chi connectivity index (χ1) is 18.9. The van der Waals surface area contributed by atoms with Gasteiger partial charge in [-0.1, -0.05) is 39.5 Å². The van der Waals surface area contributed by atoms with Crippen LogP contribution in [0.25, 0.3) is 22.4 Å². The van der Waals surface area contributed by atoms with E-state index in [9.17, 15) is 9.59 Å². The number of benzene rings is 2. The quantitative estimate of drug-likeness (QED) is 0.445. The highest BCUT2D eigenvalue weighted by Gasteiger charge is 2.34. The summed E-state index contributed by atoms with van der Waals surface area (Å²) in [6.07, 6.45) is 7.53. The van der Waals surface area contributed by atoms with E-state index >= 15 is 0 Å². The number of piperazine rings is 1. The summed E-state index contributed by atoms with van der Waals surface area (Å²) in [6.45, 7) is 7.36. The molecule has 0 bridgehead atoms. The van der Waals surface area contributed by atoms with Crippen LogP contribution in [0.2, 0.25) is 0 Å². The number of likely N-dealkylation sites (N-methyl/N-ethyl adjacent to an activating group) is 1. The Hall–Kier alpha value is -3.39. The zero-order chi connectivity index (χ0) is 27.1. The summed E-state index contributed by atoms with van der Waals surface area (Å²) >= 11 is 0. The number of rotatable bonds is 4. The van der Waals surface area contributed by atoms with E-state index in [2.05, 4.69) is 53.1 Å². The number of imidazole rings is 1. The summed E-state index contributed by atoms with van der Waals surface area (Å²) in [5, 5.41) is 6.94. The van der Waals surface area contributed by atoms with Crippen LogP contribution < -0.4 is 10.6 Å². The molecule has 206 valence electrons. The molecule has 3 heterocycles. The molecule has 0 unspecified atom stereocenters. The van der Waals surface area contributed by atoms with Gasteiger partial charge in [0.05, 0.1) is 16.7 Å². The maximum atomic E-state index is 13.5. The number of hydrogen-bond acceptors (Lipinski definition) is 5. The summed E-state index contributed by atoms with van der Waals surface area (Å²) in [5.41, 5.74) is 5.02. The van der Waals surface area contributed by atoms with Crippen molar-refractivity contribution in [2.45, 2.75) is 64.5 Å². The minimum Gasteiger partial charge on any atom is -0.382 e. The minimum atomic E-state index is -0.408. The fraction of sp³-hybridized carbons (Fsp3) is 0.516. The van der Waals surface area contributed by atoms with Gasteiger partial charge in [-0.25, -0.2) is 4.98 Å². The van der Waals surface area contributed by atoms with Crippen LogP contribution in [0, 0.1) is 5.92 Å². The zero-order valence-corrected chi connectivity index (χ0v) is 23.4. The van der Waals surface area contributed by atoms with Crippen molar-refractivity contribution in [3.05, 3.63) is 42.0 Å². The Bertz CT molecular complexity index is 1380. The standard InChI is InChI=1S/C31H40N6O2/c1-20(2)28-30(38)34-25-12-11-23(32-22-8-6-4-5-7-9-22)19-24(25)29-33-26-18-21(10-13-27(26)37(28)29)31(39)36-16-14-35(3)15-17-36/h10-13,18-20,22,28,32H,4-9,14-17H2,1-3H3,(H,34,38)/t28-/m0/s1. The normalized spacial score (nSPS) is 20.8. The summed E-state index contributed by atoms with van der Waals surface area (Å²) in [4.78, 5) is 36.1. The second-order valence-electron chi connectivity index (χ2n) is 11.9. The first-order valence-electron chi connectivity index (χ1n) is 14.6. The van der Waals surface area contributed by atoms with Crippen LogP contribution in [0.15, 0.2) is 36.4 Å². The molecule has 1 aliphatic carbocycles. The summed E-state index contributed by atoms with van der Waals surface area (Å²) < 4.78 is 2.08. The molecule has 1 aromatic heterocycles. The zero-order valence-electron chi connectivity index (χ0n) is 23.4. The molecule has 39 heavy (non-hydrogen) atoms. The predicted octanol–water partition coefficient (Wildman–Crippen LogP) is 5.37. The molecule has 0 radical (unpaired) electrons. The van der Waals surface area contributed by atoms with Crippen molar-refractivity contribution in [1.82, 2.24) is 19.4 Å². The van der Waals surface area contributed by atoms with Crippen molar-refractivity contribution in [3.8, 4) is 11.4 Å². The lowest BCUT2D eigenvalue weighted by molar-refractivity contribution is -0.120. The summed E-state index contributed by atoms with van der Waals surface area (Å²) in [5.74, 6) is 0.837. The van der Waals surface area contributed by atoms with E-state index in [1.165, 1.54) is 38.5 Å². The third-order valence-corrected chi connectivity index (χ3v) is 8.65. The fourth-order valence-electron chi connectivity index (χ4n) is 6.41. The smallest absolute Gasteiger partial charge is 0.254 e. The molecular weight excluding hydrogens is 488 g/mol. The molecular formula is C31H40N6O2. The van der Waals surface area contributed by atoms with Crippen LogP contribution in [0.1, 0.15) is 68.8 Å². The van der Waals surface area contributed by atoms with Gasteiger partial charge in [0.25, 0.3) is 5.91 Å². The third-order valence-electron chi connectivity index (χ3n) is 8.65. The van der Waals surface area contributed by atoms with E-state index in [0.29, 0.717) is 11.6 Å². The van der Waals surface area contributed by atoms with Gasteiger partial charge in [-0.3, -0.25) is 9.59 Å². The second-order valence-corrected chi connectivity index (χ2v) is 11.9. The minimum absolute atomic E-state index is 0.0358. The van der Waals surface area contributed by atoms with Crippen LogP contribution in [0.5, 0.6) is 0 Å². The van der Waals surface area contributed by atoms with Crippen molar-refractivity contribution in [2.24, 2.45) is 5.92 Å². The number of carbonyl (C=O) groups is 2. The molecule has 2 N–H and O–H groups in total. The monoisotopic (exact) mass is 528 g/mol. The van der Waals surface area contributed by atoms with Crippen LogP contribution >= 0.6 is 0 Å². The van der Waals surface area contributed by atoms with E-state index in [-0.39, 0.29) is 17.7 Å². The van der Waals surface area contributed by atoms with Crippen molar-refractivity contribution in [2.75, 3.05) is 43.9 Å². The van der Waals surface area contributed by atoms with Gasteiger partial charge in [0.1, 0.15) is 11.9 Å². The molecule has 2 fully saturated rings. The molecule has 8 heteroatoms. The average molecular weight is 529 g/mol. The number of hydrogen-bond donors (Lipinski definition) is 2. The van der Waals surface area contributed by atoms with Gasteiger partial charge < -0.3 is 25.0 Å². The van der Waals surface area contributed by atoms with Gasteiger partial charge in [-0.05, 0) is 62.2 Å². The molecule has 1 saturated carbocycles. The van der Waals surface area contributed by atoms with Crippen LogP contribution in [-0.4, -0.2) is 70.4 Å². The largest absolute Gasteiger partial charge is 0.382 e. The van der Waals surface area contributed by atoms with Gasteiger partial charge in [0.15, 0.2) is 0 Å². The Kier molecular flexibility index (Phi) is 7.06. The van der Waals surface area contributed by atoms with Crippen molar-refractivity contribution >= 4 is 34.2 Å². The van der Waals surface area contributed by atoms with Gasteiger partial charge in [0, 0.05) is 49.0 Å². The van der Waals surface area contributed by atoms with E-state index < -0.39 is 6.04 Å². The van der Waals surface area contributed by atoms with Crippen molar-refractivity contribution in [3.63, 3.8) is 0 Å². The van der Waals surface area contributed by atoms with E-state index in [0.717, 1.165) is 60.0 Å². The number of aromatic nitrogens is 2.